The summed E-state index contributed by atoms with van der Waals surface area (Å²) in [7, 11) is 0. The monoisotopic (exact) mass is 237 g/mol. The Hall–Kier alpha value is -1.65. The zero-order chi connectivity index (χ0) is 12.6. The molecule has 1 aliphatic carbocycles. The maximum absolute atomic E-state index is 12.0. The van der Waals surface area contributed by atoms with Crippen molar-refractivity contribution >= 4 is 17.8 Å². The Morgan fingerprint density at radius 1 is 1.41 bits per heavy atom. The number of allylic oxidation sites excluding steroid dienone is 2. The largest absolute Gasteiger partial charge is 0.481 e. The highest BCUT2D eigenvalue weighted by atomic mass is 16.4. The minimum atomic E-state index is -0.991. The fraction of sp³-hybridized carbons (Fsp3) is 0.583. The van der Waals surface area contributed by atoms with E-state index in [9.17, 15) is 14.4 Å². The number of carboxylic acids is 1. The van der Waals surface area contributed by atoms with Gasteiger partial charge in [0.2, 0.25) is 11.8 Å². The lowest BCUT2D eigenvalue weighted by atomic mass is 9.82. The highest BCUT2D eigenvalue weighted by molar-refractivity contribution is 6.05. The van der Waals surface area contributed by atoms with Crippen LogP contribution in [0.2, 0.25) is 0 Å². The fourth-order valence-corrected chi connectivity index (χ4v) is 2.53. The molecule has 0 unspecified atom stereocenters. The van der Waals surface area contributed by atoms with Crippen molar-refractivity contribution in [3.05, 3.63) is 11.6 Å². The summed E-state index contributed by atoms with van der Waals surface area (Å²) in [4.78, 5) is 35.5. The molecule has 17 heavy (non-hydrogen) atoms. The smallest absolute Gasteiger partial charge is 0.305 e. The predicted molar refractivity (Wildman–Crippen MR) is 58.9 cm³/mol. The van der Waals surface area contributed by atoms with Gasteiger partial charge in [0.1, 0.15) is 0 Å². The molecular weight excluding hydrogens is 222 g/mol. The van der Waals surface area contributed by atoms with Crippen LogP contribution in [0.1, 0.15) is 26.2 Å². The van der Waals surface area contributed by atoms with Gasteiger partial charge in [0, 0.05) is 6.54 Å². The first-order valence-electron chi connectivity index (χ1n) is 5.73. The van der Waals surface area contributed by atoms with E-state index in [0.29, 0.717) is 12.8 Å². The van der Waals surface area contributed by atoms with E-state index in [-0.39, 0.29) is 36.6 Å². The molecular formula is C12H15NO4. The predicted octanol–water partition coefficient (Wildman–Crippen LogP) is 0.802. The van der Waals surface area contributed by atoms with Gasteiger partial charge in [-0.25, -0.2) is 0 Å². The van der Waals surface area contributed by atoms with Gasteiger partial charge in [-0.1, -0.05) is 11.6 Å². The van der Waals surface area contributed by atoms with Crippen LogP contribution in [0.4, 0.5) is 0 Å². The maximum Gasteiger partial charge on any atom is 0.305 e. The van der Waals surface area contributed by atoms with Gasteiger partial charge in [-0.15, -0.1) is 0 Å². The molecule has 0 aromatic carbocycles. The third-order valence-corrected chi connectivity index (χ3v) is 3.46. The third-order valence-electron chi connectivity index (χ3n) is 3.46. The molecule has 1 N–H and O–H groups in total. The van der Waals surface area contributed by atoms with E-state index < -0.39 is 5.97 Å². The lowest BCUT2D eigenvalue weighted by molar-refractivity contribution is -0.142. The topological polar surface area (TPSA) is 74.7 Å². The lowest BCUT2D eigenvalue weighted by Crippen LogP contribution is -2.33. The summed E-state index contributed by atoms with van der Waals surface area (Å²) in [5.74, 6) is -1.92. The second-order valence-corrected chi connectivity index (χ2v) is 4.68. The summed E-state index contributed by atoms with van der Waals surface area (Å²) < 4.78 is 0. The number of carboxylic acid groups (broad SMARTS) is 1. The molecule has 1 saturated heterocycles. The molecule has 1 fully saturated rings. The Bertz CT molecular complexity index is 413. The van der Waals surface area contributed by atoms with Crippen LogP contribution in [0.5, 0.6) is 0 Å². The van der Waals surface area contributed by atoms with Gasteiger partial charge in [0.05, 0.1) is 18.3 Å². The van der Waals surface area contributed by atoms with Gasteiger partial charge < -0.3 is 5.11 Å². The van der Waals surface area contributed by atoms with E-state index in [1.54, 1.807) is 0 Å². The van der Waals surface area contributed by atoms with Crippen LogP contribution < -0.4 is 0 Å². The zero-order valence-electron chi connectivity index (χ0n) is 9.68. The number of aliphatic carboxylic acids is 1. The van der Waals surface area contributed by atoms with E-state index in [1.165, 1.54) is 0 Å². The Balaban J connectivity index is 2.11. The number of imide groups is 1. The number of nitrogens with zero attached hydrogens (tertiary/aromatic N) is 1. The normalized spacial score (nSPS) is 28.1. The molecule has 1 aliphatic heterocycles. The summed E-state index contributed by atoms with van der Waals surface area (Å²) in [5.41, 5.74) is 1.13. The van der Waals surface area contributed by atoms with Crippen LogP contribution in [-0.4, -0.2) is 34.3 Å². The standard InChI is InChI=1S/C12H15NO4/c1-7-2-3-8-9(6-7)12(17)13(11(8)16)5-4-10(14)15/h2,8-9H,3-6H2,1H3,(H,14,15)/t8-,9-/m1/s1. The molecule has 2 atom stereocenters. The molecule has 2 aliphatic rings. The molecule has 2 amide bonds. The number of carbonyl (C=O) groups is 3. The van der Waals surface area contributed by atoms with Crippen LogP contribution in [0.25, 0.3) is 0 Å². The molecule has 0 radical (unpaired) electrons. The van der Waals surface area contributed by atoms with Crippen LogP contribution in [0, 0.1) is 11.8 Å². The highest BCUT2D eigenvalue weighted by Crippen LogP contribution is 2.37. The maximum atomic E-state index is 12.0. The minimum Gasteiger partial charge on any atom is -0.481 e. The van der Waals surface area contributed by atoms with E-state index in [2.05, 4.69) is 0 Å². The van der Waals surface area contributed by atoms with Gasteiger partial charge in [-0.3, -0.25) is 19.3 Å². The average Bonchev–Trinajstić information content (AvgIpc) is 2.49. The molecule has 2 rings (SSSR count). The summed E-state index contributed by atoms with van der Waals surface area (Å²) in [6.07, 6.45) is 3.04. The fourth-order valence-electron chi connectivity index (χ4n) is 2.53. The van der Waals surface area contributed by atoms with Crippen LogP contribution >= 0.6 is 0 Å². The molecule has 5 nitrogen and oxygen atoms in total. The summed E-state index contributed by atoms with van der Waals surface area (Å²) in [5, 5.41) is 8.59. The van der Waals surface area contributed by atoms with Crippen molar-refractivity contribution in [2.24, 2.45) is 11.8 Å². The summed E-state index contributed by atoms with van der Waals surface area (Å²) >= 11 is 0. The third kappa shape index (κ3) is 2.09. The van der Waals surface area contributed by atoms with Crippen LogP contribution in [0.3, 0.4) is 0 Å². The van der Waals surface area contributed by atoms with Gasteiger partial charge >= 0.3 is 5.97 Å². The summed E-state index contributed by atoms with van der Waals surface area (Å²) in [6, 6.07) is 0. The van der Waals surface area contributed by atoms with Crippen molar-refractivity contribution in [3.8, 4) is 0 Å². The van der Waals surface area contributed by atoms with E-state index in [0.717, 1.165) is 10.5 Å². The van der Waals surface area contributed by atoms with E-state index in [1.807, 2.05) is 13.0 Å². The number of amides is 2. The molecule has 5 heteroatoms. The van der Waals surface area contributed by atoms with Gasteiger partial charge in [-0.05, 0) is 19.8 Å². The number of carbonyl (C=O) groups excluding carboxylic acids is 2. The first-order chi connectivity index (χ1) is 8.00. The first kappa shape index (κ1) is 11.8. The van der Waals surface area contributed by atoms with Gasteiger partial charge in [-0.2, -0.15) is 0 Å². The van der Waals surface area contributed by atoms with Crippen LogP contribution in [-0.2, 0) is 14.4 Å². The first-order valence-corrected chi connectivity index (χ1v) is 5.73. The van der Waals surface area contributed by atoms with Crippen molar-refractivity contribution in [3.63, 3.8) is 0 Å². The average molecular weight is 237 g/mol. The number of rotatable bonds is 3. The minimum absolute atomic E-state index is 0.000945. The molecule has 92 valence electrons. The Morgan fingerprint density at radius 3 is 2.71 bits per heavy atom. The van der Waals surface area contributed by atoms with Crippen molar-refractivity contribution in [1.29, 1.82) is 0 Å². The Kier molecular flexibility index (Phi) is 3.00. The number of fused-ring (bicyclic) bond motifs is 1. The SMILES string of the molecule is CC1=CC[C@H]2C(=O)N(CCC(=O)O)C(=O)[C@@H]2C1. The summed E-state index contributed by atoms with van der Waals surface area (Å²) in [6.45, 7) is 1.95. The second kappa shape index (κ2) is 4.31. The van der Waals surface area contributed by atoms with E-state index >= 15 is 0 Å². The lowest BCUT2D eigenvalue weighted by Gasteiger charge is -2.19. The number of hydrogen-bond donors (Lipinski definition) is 1. The number of hydrogen-bond acceptors (Lipinski definition) is 3. The second-order valence-electron chi connectivity index (χ2n) is 4.68. The van der Waals surface area contributed by atoms with Crippen molar-refractivity contribution in [1.82, 2.24) is 4.90 Å². The van der Waals surface area contributed by atoms with Crippen molar-refractivity contribution < 1.29 is 19.5 Å². The van der Waals surface area contributed by atoms with Crippen molar-refractivity contribution in [2.45, 2.75) is 26.2 Å². The highest BCUT2D eigenvalue weighted by Gasteiger charge is 2.47. The molecule has 0 aromatic heterocycles. The van der Waals surface area contributed by atoms with Crippen molar-refractivity contribution in [2.75, 3.05) is 6.54 Å². The zero-order valence-corrected chi connectivity index (χ0v) is 9.68. The van der Waals surface area contributed by atoms with Gasteiger partial charge in [0.25, 0.3) is 0 Å². The quantitative estimate of drug-likeness (QED) is 0.582. The molecule has 0 aromatic rings. The number of likely N-dealkylation sites (tertiary alicyclic amines) is 1. The van der Waals surface area contributed by atoms with Crippen LogP contribution in [0.15, 0.2) is 11.6 Å². The Morgan fingerprint density at radius 2 is 2.06 bits per heavy atom. The molecule has 0 spiro atoms. The Labute approximate surface area is 99.1 Å². The molecule has 0 saturated carbocycles. The molecule has 1 heterocycles. The van der Waals surface area contributed by atoms with Gasteiger partial charge in [0.15, 0.2) is 0 Å². The molecule has 0 bridgehead atoms. The van der Waals surface area contributed by atoms with E-state index in [4.69, 9.17) is 5.11 Å².